The van der Waals surface area contributed by atoms with Gasteiger partial charge in [-0.05, 0) is 20.3 Å². The minimum absolute atomic E-state index is 0.816. The van der Waals surface area contributed by atoms with Gasteiger partial charge in [-0.3, -0.25) is 0 Å². The molecule has 3 rings (SSSR count). The van der Waals surface area contributed by atoms with Gasteiger partial charge in [0.1, 0.15) is 5.82 Å². The third-order valence-electron chi connectivity index (χ3n) is 3.71. The molecule has 0 aliphatic rings. The Morgan fingerprint density at radius 3 is 2.86 bits per heavy atom. The molecule has 0 amide bonds. The highest BCUT2D eigenvalue weighted by atomic mass is 15.3. The molecular weight excluding hydrogens is 264 g/mol. The molecule has 3 heterocycles. The molecule has 0 atom stereocenters. The van der Waals surface area contributed by atoms with Crippen LogP contribution in [0.2, 0.25) is 0 Å². The highest BCUT2D eigenvalue weighted by molar-refractivity contribution is 5.56. The largest absolute Gasteiger partial charge is 0.368 e. The molecule has 21 heavy (non-hydrogen) atoms. The number of anilines is 1. The number of hydrogen-bond donors (Lipinski definition) is 1. The van der Waals surface area contributed by atoms with Gasteiger partial charge in [-0.1, -0.05) is 6.92 Å². The van der Waals surface area contributed by atoms with Gasteiger partial charge in [0.2, 0.25) is 0 Å². The monoisotopic (exact) mass is 284 g/mol. The van der Waals surface area contributed by atoms with E-state index in [2.05, 4.69) is 40.3 Å². The number of nitrogens with zero attached hydrogens (tertiary/aromatic N) is 5. The van der Waals surface area contributed by atoms with Crippen LogP contribution in [0.25, 0.3) is 5.65 Å². The fourth-order valence-electron chi connectivity index (χ4n) is 2.32. The summed E-state index contributed by atoms with van der Waals surface area (Å²) >= 11 is 0. The van der Waals surface area contributed by atoms with Gasteiger partial charge >= 0.3 is 0 Å². The van der Waals surface area contributed by atoms with Crippen LogP contribution in [0.3, 0.4) is 0 Å². The minimum Gasteiger partial charge on any atom is -0.368 e. The normalized spacial score (nSPS) is 11.2. The number of aromatic nitrogens is 5. The number of nitrogens with one attached hydrogen (secondary N) is 1. The Morgan fingerprint density at radius 2 is 2.14 bits per heavy atom. The lowest BCUT2D eigenvalue weighted by molar-refractivity contribution is 0.721. The Labute approximate surface area is 123 Å². The second-order valence-electron chi connectivity index (χ2n) is 5.16. The molecule has 1 N–H and O–H groups in total. The minimum atomic E-state index is 0.816. The molecule has 0 fully saturated rings. The van der Waals surface area contributed by atoms with Crippen molar-refractivity contribution < 1.29 is 0 Å². The molecule has 0 aliphatic carbocycles. The first kappa shape index (κ1) is 13.6. The lowest BCUT2D eigenvalue weighted by atomic mass is 10.2. The zero-order valence-electron chi connectivity index (χ0n) is 12.7. The number of hydrogen-bond acceptors (Lipinski definition) is 4. The molecule has 110 valence electrons. The van der Waals surface area contributed by atoms with Crippen molar-refractivity contribution in [2.75, 3.05) is 11.9 Å². The van der Waals surface area contributed by atoms with Gasteiger partial charge in [0.05, 0.1) is 12.0 Å². The molecule has 0 radical (unpaired) electrons. The topological polar surface area (TPSA) is 60.0 Å². The van der Waals surface area contributed by atoms with E-state index in [9.17, 15) is 0 Å². The quantitative estimate of drug-likeness (QED) is 0.780. The maximum absolute atomic E-state index is 4.68. The summed E-state index contributed by atoms with van der Waals surface area (Å²) < 4.78 is 3.95. The zero-order chi connectivity index (χ0) is 14.8. The van der Waals surface area contributed by atoms with Crippen LogP contribution in [0, 0.1) is 13.8 Å². The molecule has 0 saturated heterocycles. The van der Waals surface area contributed by atoms with Crippen LogP contribution in [0.1, 0.15) is 23.9 Å². The highest BCUT2D eigenvalue weighted by Crippen LogP contribution is 2.18. The summed E-state index contributed by atoms with van der Waals surface area (Å²) in [6.45, 7) is 7.89. The molecule has 0 saturated carbocycles. The predicted octanol–water partition coefficient (Wildman–Crippen LogP) is 2.22. The Kier molecular flexibility index (Phi) is 3.60. The van der Waals surface area contributed by atoms with E-state index in [1.165, 1.54) is 0 Å². The van der Waals surface area contributed by atoms with Crippen LogP contribution in [-0.2, 0) is 13.0 Å². The van der Waals surface area contributed by atoms with E-state index in [1.807, 2.05) is 28.5 Å². The average molecular weight is 284 g/mol. The molecule has 3 aromatic rings. The predicted molar refractivity (Wildman–Crippen MR) is 82.6 cm³/mol. The fourth-order valence-corrected chi connectivity index (χ4v) is 2.32. The highest BCUT2D eigenvalue weighted by Gasteiger charge is 2.11. The van der Waals surface area contributed by atoms with E-state index in [1.54, 1.807) is 6.20 Å². The molecule has 0 aliphatic heterocycles. The average Bonchev–Trinajstić information content (AvgIpc) is 3.09. The number of imidazole rings is 1. The van der Waals surface area contributed by atoms with Crippen molar-refractivity contribution in [2.24, 2.45) is 0 Å². The summed E-state index contributed by atoms with van der Waals surface area (Å²) in [6.07, 6.45) is 6.49. The van der Waals surface area contributed by atoms with Crippen molar-refractivity contribution in [3.63, 3.8) is 0 Å². The van der Waals surface area contributed by atoms with E-state index in [0.29, 0.717) is 0 Å². The first-order chi connectivity index (χ1) is 10.2. The van der Waals surface area contributed by atoms with Gasteiger partial charge in [0.25, 0.3) is 0 Å². The molecule has 6 nitrogen and oxygen atoms in total. The van der Waals surface area contributed by atoms with Gasteiger partial charge in [-0.25, -0.2) is 9.97 Å². The van der Waals surface area contributed by atoms with Crippen molar-refractivity contribution in [3.8, 4) is 0 Å². The Morgan fingerprint density at radius 1 is 1.29 bits per heavy atom. The van der Waals surface area contributed by atoms with Gasteiger partial charge < -0.3 is 9.88 Å². The van der Waals surface area contributed by atoms with Crippen LogP contribution in [0.15, 0.2) is 24.8 Å². The first-order valence-corrected chi connectivity index (χ1v) is 7.24. The zero-order valence-corrected chi connectivity index (χ0v) is 12.7. The first-order valence-electron chi connectivity index (χ1n) is 7.24. The Balaban J connectivity index is 1.87. The summed E-state index contributed by atoms with van der Waals surface area (Å²) in [5.41, 5.74) is 4.18. The van der Waals surface area contributed by atoms with E-state index < -0.39 is 0 Å². The Bertz CT molecular complexity index is 741. The summed E-state index contributed by atoms with van der Waals surface area (Å²) in [7, 11) is 0. The lowest BCUT2D eigenvalue weighted by Crippen LogP contribution is -2.13. The van der Waals surface area contributed by atoms with Crippen LogP contribution in [-0.4, -0.2) is 30.7 Å². The Hall–Kier alpha value is -2.37. The molecule has 3 aromatic heterocycles. The van der Waals surface area contributed by atoms with Crippen molar-refractivity contribution in [2.45, 2.75) is 33.7 Å². The molecule has 6 heteroatoms. The maximum atomic E-state index is 4.68. The van der Waals surface area contributed by atoms with Gasteiger partial charge in [-0.2, -0.15) is 9.61 Å². The van der Waals surface area contributed by atoms with Crippen LogP contribution in [0.4, 0.5) is 5.82 Å². The standard InChI is InChI=1S/C15H20N6/c1-4-13-9-14(17-6-8-20-7-5-16-10-20)21-15(18-13)11(2)12(3)19-21/h5,7,9-10,17H,4,6,8H2,1-3H3. The summed E-state index contributed by atoms with van der Waals surface area (Å²) in [5.74, 6) is 0.994. The smallest absolute Gasteiger partial charge is 0.160 e. The van der Waals surface area contributed by atoms with Gasteiger partial charge in [0.15, 0.2) is 5.65 Å². The summed E-state index contributed by atoms with van der Waals surface area (Å²) in [5, 5.41) is 8.03. The summed E-state index contributed by atoms with van der Waals surface area (Å²) in [6, 6.07) is 2.08. The second kappa shape index (κ2) is 5.55. The number of fused-ring (bicyclic) bond motifs is 1. The van der Waals surface area contributed by atoms with Gasteiger partial charge in [-0.15, -0.1) is 0 Å². The summed E-state index contributed by atoms with van der Waals surface area (Å²) in [4.78, 5) is 8.73. The van der Waals surface area contributed by atoms with E-state index >= 15 is 0 Å². The van der Waals surface area contributed by atoms with Crippen LogP contribution < -0.4 is 5.32 Å². The molecular formula is C15H20N6. The van der Waals surface area contributed by atoms with Gasteiger partial charge in [0, 0.05) is 42.8 Å². The SMILES string of the molecule is CCc1cc(NCCn2ccnc2)n2nc(C)c(C)c2n1. The molecule has 0 unspecified atom stereocenters. The van der Waals surface area contributed by atoms with Crippen molar-refractivity contribution in [1.82, 2.24) is 24.1 Å². The van der Waals surface area contributed by atoms with E-state index in [0.717, 1.165) is 47.9 Å². The second-order valence-corrected chi connectivity index (χ2v) is 5.16. The molecule has 0 bridgehead atoms. The van der Waals surface area contributed by atoms with Crippen LogP contribution in [0.5, 0.6) is 0 Å². The lowest BCUT2D eigenvalue weighted by Gasteiger charge is -2.10. The van der Waals surface area contributed by atoms with Crippen molar-refractivity contribution >= 4 is 11.5 Å². The fraction of sp³-hybridized carbons (Fsp3) is 0.400. The number of aryl methyl sites for hydroxylation is 3. The molecule has 0 spiro atoms. The number of rotatable bonds is 5. The maximum Gasteiger partial charge on any atom is 0.160 e. The third-order valence-corrected chi connectivity index (χ3v) is 3.71. The van der Waals surface area contributed by atoms with E-state index in [-0.39, 0.29) is 0 Å². The molecule has 0 aromatic carbocycles. The van der Waals surface area contributed by atoms with Crippen molar-refractivity contribution in [3.05, 3.63) is 41.7 Å². The van der Waals surface area contributed by atoms with E-state index in [4.69, 9.17) is 0 Å². The van der Waals surface area contributed by atoms with Crippen LogP contribution >= 0.6 is 0 Å². The third kappa shape index (κ3) is 2.61. The van der Waals surface area contributed by atoms with Crippen molar-refractivity contribution in [1.29, 1.82) is 0 Å².